The van der Waals surface area contributed by atoms with Gasteiger partial charge in [0.2, 0.25) is 5.95 Å². The average Bonchev–Trinajstić information content (AvgIpc) is 3.16. The molecule has 2 aromatic carbocycles. The monoisotopic (exact) mass is 477 g/mol. The molecule has 2 N–H and O–H groups in total. The molecule has 3 aromatic rings. The summed E-state index contributed by atoms with van der Waals surface area (Å²) >= 11 is 0.883. The van der Waals surface area contributed by atoms with Crippen molar-refractivity contribution in [3.05, 3.63) is 70.6 Å². The third kappa shape index (κ3) is 5.26. The fourth-order valence-corrected chi connectivity index (χ4v) is 4.95. The van der Waals surface area contributed by atoms with E-state index in [4.69, 9.17) is 0 Å². The van der Waals surface area contributed by atoms with Gasteiger partial charge in [-0.1, -0.05) is 18.2 Å². The Morgan fingerprint density at radius 3 is 2.71 bits per heavy atom. The number of halogens is 1. The third-order valence-corrected chi connectivity index (χ3v) is 6.92. The predicted molar refractivity (Wildman–Crippen MR) is 132 cm³/mol. The Morgan fingerprint density at radius 1 is 1.12 bits per heavy atom. The number of carbonyl (C=O) groups is 2. The van der Waals surface area contributed by atoms with Crippen molar-refractivity contribution in [1.82, 2.24) is 20.6 Å². The van der Waals surface area contributed by atoms with Gasteiger partial charge in [-0.15, -0.1) is 0 Å². The van der Waals surface area contributed by atoms with Crippen LogP contribution < -0.4 is 15.5 Å². The maximum Gasteiger partial charge on any atom is 0.290 e. The second kappa shape index (κ2) is 9.90. The molecule has 0 saturated carbocycles. The van der Waals surface area contributed by atoms with Crippen LogP contribution >= 0.6 is 11.8 Å². The number of imide groups is 1. The van der Waals surface area contributed by atoms with Gasteiger partial charge in [-0.3, -0.25) is 14.9 Å². The fraction of sp³-hybridized carbons (Fsp3) is 0.280. The first-order valence-electron chi connectivity index (χ1n) is 11.3. The number of fused-ring (bicyclic) bond motifs is 1. The zero-order chi connectivity index (χ0) is 23.5. The number of rotatable bonds is 6. The second-order valence-electron chi connectivity index (χ2n) is 8.52. The Hall–Kier alpha value is -3.30. The van der Waals surface area contributed by atoms with Crippen LogP contribution in [-0.4, -0.2) is 40.7 Å². The van der Waals surface area contributed by atoms with Crippen molar-refractivity contribution in [2.75, 3.05) is 24.5 Å². The molecule has 34 heavy (non-hydrogen) atoms. The molecule has 0 atom stereocenters. The van der Waals surface area contributed by atoms with Crippen molar-refractivity contribution in [2.45, 2.75) is 19.4 Å². The summed E-state index contributed by atoms with van der Waals surface area (Å²) in [6, 6.07) is 12.7. The van der Waals surface area contributed by atoms with Gasteiger partial charge in [0.25, 0.3) is 11.1 Å². The predicted octanol–water partition coefficient (Wildman–Crippen LogP) is 4.10. The molecule has 2 aliphatic heterocycles. The maximum atomic E-state index is 13.4. The molecule has 5 rings (SSSR count). The number of piperidine rings is 1. The lowest BCUT2D eigenvalue weighted by Crippen LogP contribution is -2.38. The van der Waals surface area contributed by atoms with Gasteiger partial charge in [-0.2, -0.15) is 0 Å². The van der Waals surface area contributed by atoms with Crippen LogP contribution in [0.5, 0.6) is 0 Å². The number of nitrogens with zero attached hydrogens (tertiary/aromatic N) is 3. The summed E-state index contributed by atoms with van der Waals surface area (Å²) < 4.78 is 13.4. The molecule has 174 valence electrons. The van der Waals surface area contributed by atoms with Gasteiger partial charge >= 0.3 is 0 Å². The molecule has 2 fully saturated rings. The van der Waals surface area contributed by atoms with E-state index in [0.717, 1.165) is 61.6 Å². The lowest BCUT2D eigenvalue weighted by molar-refractivity contribution is -0.115. The summed E-state index contributed by atoms with van der Waals surface area (Å²) in [7, 11) is 0. The Labute approximate surface area is 200 Å². The van der Waals surface area contributed by atoms with Crippen LogP contribution in [0.1, 0.15) is 24.1 Å². The number of hydrogen-bond acceptors (Lipinski definition) is 7. The van der Waals surface area contributed by atoms with Gasteiger partial charge in [-0.05, 0) is 83.7 Å². The molecule has 0 aliphatic carbocycles. The third-order valence-electron chi connectivity index (χ3n) is 6.11. The molecule has 1 aromatic heterocycles. The number of amides is 2. The molecular formula is C25H24FN5O2S. The lowest BCUT2D eigenvalue weighted by atomic mass is 9.97. The molecule has 2 aliphatic rings. The van der Waals surface area contributed by atoms with Gasteiger partial charge in [0, 0.05) is 25.8 Å². The largest absolute Gasteiger partial charge is 0.341 e. The van der Waals surface area contributed by atoms with Gasteiger partial charge in [0.15, 0.2) is 0 Å². The van der Waals surface area contributed by atoms with Crippen molar-refractivity contribution in [2.24, 2.45) is 5.92 Å². The van der Waals surface area contributed by atoms with Gasteiger partial charge in [0.05, 0.1) is 10.6 Å². The van der Waals surface area contributed by atoms with Crippen molar-refractivity contribution in [3.8, 4) is 0 Å². The number of aromatic nitrogens is 2. The van der Waals surface area contributed by atoms with E-state index in [2.05, 4.69) is 31.6 Å². The minimum absolute atomic E-state index is 0.212. The molecule has 2 amide bonds. The van der Waals surface area contributed by atoms with E-state index in [1.807, 2.05) is 18.2 Å². The topological polar surface area (TPSA) is 87.2 Å². The Morgan fingerprint density at radius 2 is 1.91 bits per heavy atom. The Kier molecular flexibility index (Phi) is 6.55. The van der Waals surface area contributed by atoms with E-state index in [9.17, 15) is 14.0 Å². The smallest absolute Gasteiger partial charge is 0.290 e. The van der Waals surface area contributed by atoms with Gasteiger partial charge in [0.1, 0.15) is 5.82 Å². The quantitative estimate of drug-likeness (QED) is 0.517. The van der Waals surface area contributed by atoms with E-state index in [0.29, 0.717) is 22.5 Å². The van der Waals surface area contributed by atoms with Gasteiger partial charge < -0.3 is 10.2 Å². The summed E-state index contributed by atoms with van der Waals surface area (Å²) in [5.41, 5.74) is 1.80. The number of anilines is 1. The van der Waals surface area contributed by atoms with Crippen molar-refractivity contribution in [1.29, 1.82) is 0 Å². The van der Waals surface area contributed by atoms with E-state index < -0.39 is 0 Å². The first-order valence-corrected chi connectivity index (χ1v) is 12.1. The SMILES string of the molecule is O=C1NC(=O)/C(=C\c2ccnc(N3CCC(CNCc4ccc5cc(F)ccc5c4)CC3)n2)S1. The minimum Gasteiger partial charge on any atom is -0.341 e. The number of nitrogens with one attached hydrogen (secondary N) is 2. The van der Waals surface area contributed by atoms with Crippen LogP contribution in [0, 0.1) is 11.7 Å². The van der Waals surface area contributed by atoms with Gasteiger partial charge in [-0.25, -0.2) is 14.4 Å². The summed E-state index contributed by atoms with van der Waals surface area (Å²) in [5, 5.41) is 7.41. The number of carbonyl (C=O) groups excluding carboxylic acids is 2. The first-order chi connectivity index (χ1) is 16.5. The Bertz CT molecular complexity index is 1270. The van der Waals surface area contributed by atoms with Crippen LogP contribution in [0.25, 0.3) is 16.8 Å². The van der Waals surface area contributed by atoms with Crippen LogP contribution in [0.4, 0.5) is 15.1 Å². The summed E-state index contributed by atoms with van der Waals surface area (Å²) in [5.74, 6) is 0.612. The van der Waals surface area contributed by atoms with E-state index in [1.54, 1.807) is 24.4 Å². The molecule has 0 bridgehead atoms. The van der Waals surface area contributed by atoms with Crippen LogP contribution in [-0.2, 0) is 11.3 Å². The molecule has 2 saturated heterocycles. The van der Waals surface area contributed by atoms with E-state index >= 15 is 0 Å². The highest BCUT2D eigenvalue weighted by Crippen LogP contribution is 2.26. The molecular weight excluding hydrogens is 453 g/mol. The highest BCUT2D eigenvalue weighted by Gasteiger charge is 2.25. The van der Waals surface area contributed by atoms with Crippen LogP contribution in [0.3, 0.4) is 0 Å². The highest BCUT2D eigenvalue weighted by molar-refractivity contribution is 8.18. The van der Waals surface area contributed by atoms with Crippen molar-refractivity contribution >= 4 is 45.7 Å². The van der Waals surface area contributed by atoms with Crippen LogP contribution in [0.15, 0.2) is 53.6 Å². The van der Waals surface area contributed by atoms with Crippen LogP contribution in [0.2, 0.25) is 0 Å². The van der Waals surface area contributed by atoms with Crippen molar-refractivity contribution in [3.63, 3.8) is 0 Å². The summed E-state index contributed by atoms with van der Waals surface area (Å²) in [6.45, 7) is 3.44. The Balaban J connectivity index is 1.12. The summed E-state index contributed by atoms with van der Waals surface area (Å²) in [6.07, 6.45) is 5.37. The zero-order valence-corrected chi connectivity index (χ0v) is 19.3. The number of hydrogen-bond donors (Lipinski definition) is 2. The first kappa shape index (κ1) is 22.5. The maximum absolute atomic E-state index is 13.4. The number of benzene rings is 2. The van der Waals surface area contributed by atoms with Crippen molar-refractivity contribution < 1.29 is 14.0 Å². The van der Waals surface area contributed by atoms with E-state index in [-0.39, 0.29) is 17.0 Å². The average molecular weight is 478 g/mol. The fourth-order valence-electron chi connectivity index (χ4n) is 4.28. The highest BCUT2D eigenvalue weighted by atomic mass is 32.2. The molecule has 7 nitrogen and oxygen atoms in total. The minimum atomic E-state index is -0.388. The second-order valence-corrected chi connectivity index (χ2v) is 9.54. The normalized spacial score (nSPS) is 18.1. The molecule has 3 heterocycles. The lowest BCUT2D eigenvalue weighted by Gasteiger charge is -2.32. The molecule has 0 radical (unpaired) electrons. The molecule has 9 heteroatoms. The molecule has 0 unspecified atom stereocenters. The van der Waals surface area contributed by atoms with E-state index in [1.165, 1.54) is 11.6 Å². The number of thioether (sulfide) groups is 1. The molecule has 0 spiro atoms. The zero-order valence-electron chi connectivity index (χ0n) is 18.5. The summed E-state index contributed by atoms with van der Waals surface area (Å²) in [4.78, 5) is 34.6. The standard InChI is InChI=1S/C25H24FN5O2S/c26-20-4-3-18-11-17(1-2-19(18)12-20)15-27-14-16-6-9-31(10-7-16)24-28-8-5-21(29-24)13-22-23(32)30-25(33)34-22/h1-5,8,11-13,16,27H,6-7,9-10,14-15H2,(H,30,32,33)/b22-13+.